The van der Waals surface area contributed by atoms with Gasteiger partial charge in [0.1, 0.15) is 0 Å². The smallest absolute Gasteiger partial charge is 0.0603 e. The molecule has 2 rings (SSSR count). The van der Waals surface area contributed by atoms with Gasteiger partial charge in [-0.05, 0) is 25.1 Å². The van der Waals surface area contributed by atoms with Gasteiger partial charge in [-0.15, -0.1) is 0 Å². The summed E-state index contributed by atoms with van der Waals surface area (Å²) in [4.78, 5) is 2.35. The summed E-state index contributed by atoms with van der Waals surface area (Å²) in [7, 11) is 0. The molecule has 0 aliphatic carbocycles. The molecule has 1 aromatic rings. The maximum absolute atomic E-state index is 5.91. The number of anilines is 2. The van der Waals surface area contributed by atoms with E-state index in [1.165, 1.54) is 5.69 Å². The standard InChI is InChI=1S/C10H13ClN2/c1-2-13-6-5-12-9-7-8(11)3-4-10(9)13/h3-4,7,12H,2,5-6H2,1H3. The lowest BCUT2D eigenvalue weighted by Gasteiger charge is -2.31. The third-order valence-electron chi connectivity index (χ3n) is 2.38. The molecule has 70 valence electrons. The zero-order chi connectivity index (χ0) is 9.26. The number of halogens is 1. The van der Waals surface area contributed by atoms with Crippen molar-refractivity contribution in [3.8, 4) is 0 Å². The van der Waals surface area contributed by atoms with E-state index >= 15 is 0 Å². The number of nitrogens with zero attached hydrogens (tertiary/aromatic N) is 1. The Bertz CT molecular complexity index is 312. The highest BCUT2D eigenvalue weighted by Gasteiger charge is 2.14. The van der Waals surface area contributed by atoms with Crippen LogP contribution < -0.4 is 10.2 Å². The molecule has 0 bridgehead atoms. The third-order valence-corrected chi connectivity index (χ3v) is 2.61. The molecular weight excluding hydrogens is 184 g/mol. The number of fused-ring (bicyclic) bond motifs is 1. The van der Waals surface area contributed by atoms with Gasteiger partial charge in [0, 0.05) is 24.7 Å². The number of nitrogens with one attached hydrogen (secondary N) is 1. The Labute approximate surface area is 83.5 Å². The minimum Gasteiger partial charge on any atom is -0.382 e. The van der Waals surface area contributed by atoms with Crippen LogP contribution in [0.4, 0.5) is 11.4 Å². The summed E-state index contributed by atoms with van der Waals surface area (Å²) in [5.74, 6) is 0. The van der Waals surface area contributed by atoms with Crippen LogP contribution in [0, 0.1) is 0 Å². The summed E-state index contributed by atoms with van der Waals surface area (Å²) in [5, 5.41) is 4.14. The van der Waals surface area contributed by atoms with Crippen LogP contribution in [0.25, 0.3) is 0 Å². The van der Waals surface area contributed by atoms with Crippen LogP contribution >= 0.6 is 11.6 Å². The van der Waals surface area contributed by atoms with Crippen molar-refractivity contribution in [2.24, 2.45) is 0 Å². The van der Waals surface area contributed by atoms with Gasteiger partial charge in [-0.25, -0.2) is 0 Å². The van der Waals surface area contributed by atoms with Gasteiger partial charge in [0.05, 0.1) is 11.4 Å². The van der Waals surface area contributed by atoms with Crippen molar-refractivity contribution in [1.82, 2.24) is 0 Å². The highest BCUT2D eigenvalue weighted by Crippen LogP contribution is 2.31. The van der Waals surface area contributed by atoms with Gasteiger partial charge >= 0.3 is 0 Å². The SMILES string of the molecule is CCN1CCNc2cc(Cl)ccc21. The third kappa shape index (κ3) is 1.59. The largest absolute Gasteiger partial charge is 0.382 e. The minimum absolute atomic E-state index is 0.796. The second kappa shape index (κ2) is 3.46. The summed E-state index contributed by atoms with van der Waals surface area (Å²) in [6, 6.07) is 6.00. The Morgan fingerprint density at radius 3 is 3.15 bits per heavy atom. The van der Waals surface area contributed by atoms with Gasteiger partial charge in [-0.2, -0.15) is 0 Å². The quantitative estimate of drug-likeness (QED) is 0.743. The van der Waals surface area contributed by atoms with E-state index in [2.05, 4.69) is 23.2 Å². The van der Waals surface area contributed by atoms with Crippen molar-refractivity contribution in [3.63, 3.8) is 0 Å². The Kier molecular flexibility index (Phi) is 2.32. The predicted octanol–water partition coefficient (Wildman–Crippen LogP) is 2.59. The van der Waals surface area contributed by atoms with Crippen molar-refractivity contribution in [3.05, 3.63) is 23.2 Å². The maximum atomic E-state index is 5.91. The van der Waals surface area contributed by atoms with E-state index in [-0.39, 0.29) is 0 Å². The van der Waals surface area contributed by atoms with Crippen molar-refractivity contribution in [1.29, 1.82) is 0 Å². The molecule has 1 N–H and O–H groups in total. The zero-order valence-electron chi connectivity index (χ0n) is 7.68. The summed E-state index contributed by atoms with van der Waals surface area (Å²) in [6.07, 6.45) is 0. The second-order valence-corrected chi connectivity index (χ2v) is 3.60. The van der Waals surface area contributed by atoms with Crippen LogP contribution in [0.3, 0.4) is 0 Å². The summed E-state index contributed by atoms with van der Waals surface area (Å²) in [6.45, 7) is 5.30. The summed E-state index contributed by atoms with van der Waals surface area (Å²) in [5.41, 5.74) is 2.42. The molecule has 0 saturated heterocycles. The van der Waals surface area contributed by atoms with Crippen molar-refractivity contribution < 1.29 is 0 Å². The molecule has 3 heteroatoms. The fraction of sp³-hybridized carbons (Fsp3) is 0.400. The van der Waals surface area contributed by atoms with Gasteiger partial charge in [-0.3, -0.25) is 0 Å². The molecule has 13 heavy (non-hydrogen) atoms. The van der Waals surface area contributed by atoms with E-state index in [9.17, 15) is 0 Å². The lowest BCUT2D eigenvalue weighted by atomic mass is 10.2. The van der Waals surface area contributed by atoms with E-state index < -0.39 is 0 Å². The number of rotatable bonds is 1. The topological polar surface area (TPSA) is 15.3 Å². The molecule has 1 aliphatic rings. The fourth-order valence-electron chi connectivity index (χ4n) is 1.70. The van der Waals surface area contributed by atoms with Gasteiger partial charge in [0.2, 0.25) is 0 Å². The Morgan fingerprint density at radius 1 is 1.54 bits per heavy atom. The van der Waals surface area contributed by atoms with Crippen LogP contribution in [0.1, 0.15) is 6.92 Å². The molecule has 0 atom stereocenters. The number of likely N-dealkylation sites (N-methyl/N-ethyl adjacent to an activating group) is 1. The van der Waals surface area contributed by atoms with E-state index in [0.29, 0.717) is 0 Å². The van der Waals surface area contributed by atoms with Crippen LogP contribution in [-0.2, 0) is 0 Å². The average molecular weight is 197 g/mol. The molecule has 1 aliphatic heterocycles. The van der Waals surface area contributed by atoms with Gasteiger partial charge in [-0.1, -0.05) is 11.6 Å². The molecule has 2 nitrogen and oxygen atoms in total. The monoisotopic (exact) mass is 196 g/mol. The van der Waals surface area contributed by atoms with E-state index in [1.807, 2.05) is 12.1 Å². The van der Waals surface area contributed by atoms with Crippen LogP contribution in [-0.4, -0.2) is 19.6 Å². The molecule has 0 fully saturated rings. The van der Waals surface area contributed by atoms with Gasteiger partial charge < -0.3 is 10.2 Å². The lowest BCUT2D eigenvalue weighted by molar-refractivity contribution is 0.815. The first-order valence-corrected chi connectivity index (χ1v) is 4.97. The Morgan fingerprint density at radius 2 is 2.38 bits per heavy atom. The molecule has 0 spiro atoms. The van der Waals surface area contributed by atoms with E-state index in [4.69, 9.17) is 11.6 Å². The summed E-state index contributed by atoms with van der Waals surface area (Å²) >= 11 is 5.91. The molecule has 0 aromatic heterocycles. The van der Waals surface area contributed by atoms with Crippen LogP contribution in [0.15, 0.2) is 18.2 Å². The van der Waals surface area contributed by atoms with Crippen LogP contribution in [0.5, 0.6) is 0 Å². The van der Waals surface area contributed by atoms with Crippen molar-refractivity contribution in [2.75, 3.05) is 29.9 Å². The van der Waals surface area contributed by atoms with E-state index in [0.717, 1.165) is 30.3 Å². The van der Waals surface area contributed by atoms with Crippen LogP contribution in [0.2, 0.25) is 5.02 Å². The highest BCUT2D eigenvalue weighted by atomic mass is 35.5. The fourth-order valence-corrected chi connectivity index (χ4v) is 1.87. The predicted molar refractivity (Wildman–Crippen MR) is 57.8 cm³/mol. The highest BCUT2D eigenvalue weighted by molar-refractivity contribution is 6.31. The number of hydrogen-bond donors (Lipinski definition) is 1. The number of hydrogen-bond acceptors (Lipinski definition) is 2. The Balaban J connectivity index is 2.40. The van der Waals surface area contributed by atoms with Gasteiger partial charge in [0.25, 0.3) is 0 Å². The molecule has 1 aromatic carbocycles. The first kappa shape index (κ1) is 8.70. The van der Waals surface area contributed by atoms with Crippen molar-refractivity contribution in [2.45, 2.75) is 6.92 Å². The number of benzene rings is 1. The second-order valence-electron chi connectivity index (χ2n) is 3.17. The first-order chi connectivity index (χ1) is 6.31. The van der Waals surface area contributed by atoms with Gasteiger partial charge in [0.15, 0.2) is 0 Å². The maximum Gasteiger partial charge on any atom is 0.0603 e. The Hall–Kier alpha value is -0.890. The first-order valence-electron chi connectivity index (χ1n) is 4.59. The summed E-state index contributed by atoms with van der Waals surface area (Å²) < 4.78 is 0. The lowest BCUT2D eigenvalue weighted by Crippen LogP contribution is -2.33. The molecule has 0 amide bonds. The molecular formula is C10H13ClN2. The van der Waals surface area contributed by atoms with E-state index in [1.54, 1.807) is 0 Å². The minimum atomic E-state index is 0.796. The average Bonchev–Trinajstić information content (AvgIpc) is 2.16. The van der Waals surface area contributed by atoms with Crippen molar-refractivity contribution >= 4 is 23.0 Å². The zero-order valence-corrected chi connectivity index (χ0v) is 8.43. The molecule has 0 saturated carbocycles. The molecule has 0 unspecified atom stereocenters. The normalized spacial score (nSPS) is 15.1. The molecule has 0 radical (unpaired) electrons. The molecule has 1 heterocycles.